The van der Waals surface area contributed by atoms with Crippen LogP contribution in [0.25, 0.3) is 0 Å². The van der Waals surface area contributed by atoms with Crippen molar-refractivity contribution < 1.29 is 13.9 Å². The van der Waals surface area contributed by atoms with E-state index in [1.54, 1.807) is 31.4 Å². The summed E-state index contributed by atoms with van der Waals surface area (Å²) < 4.78 is 18.2. The van der Waals surface area contributed by atoms with E-state index in [4.69, 9.17) is 4.74 Å². The Morgan fingerprint density at radius 1 is 1.04 bits per heavy atom. The van der Waals surface area contributed by atoms with Crippen LogP contribution in [0.15, 0.2) is 60.7 Å². The van der Waals surface area contributed by atoms with Crippen LogP contribution in [-0.2, 0) is 13.0 Å². The van der Waals surface area contributed by atoms with Crippen molar-refractivity contribution >= 4 is 11.7 Å². The quantitative estimate of drug-likeness (QED) is 0.628. The Kier molecular flexibility index (Phi) is 6.51. The Hall–Kier alpha value is -3.48. The van der Waals surface area contributed by atoms with E-state index >= 15 is 0 Å². The largest absolute Gasteiger partial charge is 0.496 e. The molecule has 28 heavy (non-hydrogen) atoms. The Morgan fingerprint density at radius 3 is 2.54 bits per heavy atom. The molecule has 3 rings (SSSR count). The van der Waals surface area contributed by atoms with E-state index in [1.165, 1.54) is 12.1 Å². The molecule has 0 aliphatic heterocycles. The monoisotopic (exact) mass is 380 g/mol. The number of nitrogens with zero attached hydrogens (tertiary/aromatic N) is 2. The zero-order valence-corrected chi connectivity index (χ0v) is 15.5. The van der Waals surface area contributed by atoms with Gasteiger partial charge in [0.05, 0.1) is 7.11 Å². The van der Waals surface area contributed by atoms with Crippen LogP contribution in [0.5, 0.6) is 5.75 Å². The fraction of sp³-hybridized carbons (Fsp3) is 0.190. The molecule has 0 fully saturated rings. The van der Waals surface area contributed by atoms with Crippen molar-refractivity contribution in [2.24, 2.45) is 0 Å². The first-order valence-corrected chi connectivity index (χ1v) is 8.88. The Balaban J connectivity index is 1.49. The van der Waals surface area contributed by atoms with E-state index in [-0.39, 0.29) is 17.4 Å². The van der Waals surface area contributed by atoms with E-state index in [0.29, 0.717) is 25.3 Å². The van der Waals surface area contributed by atoms with E-state index in [1.807, 2.05) is 24.3 Å². The minimum atomic E-state index is -0.300. The number of halogens is 1. The lowest BCUT2D eigenvalue weighted by Gasteiger charge is -2.10. The second-order valence-corrected chi connectivity index (χ2v) is 6.10. The summed E-state index contributed by atoms with van der Waals surface area (Å²) in [7, 11) is 1.63. The highest BCUT2D eigenvalue weighted by atomic mass is 19.1. The zero-order chi connectivity index (χ0) is 19.8. The minimum absolute atomic E-state index is 0.238. The molecule has 2 N–H and O–H groups in total. The number of amides is 1. The molecule has 7 heteroatoms. The molecule has 0 aliphatic rings. The summed E-state index contributed by atoms with van der Waals surface area (Å²) in [5.41, 5.74) is 2.18. The second kappa shape index (κ2) is 9.45. The van der Waals surface area contributed by atoms with E-state index in [9.17, 15) is 9.18 Å². The first-order chi connectivity index (χ1) is 13.7. The molecule has 0 atom stereocenters. The van der Waals surface area contributed by atoms with Gasteiger partial charge >= 0.3 is 0 Å². The third-order valence-corrected chi connectivity index (χ3v) is 4.16. The lowest BCUT2D eigenvalue weighted by Crippen LogP contribution is -2.26. The topological polar surface area (TPSA) is 76.1 Å². The molecule has 0 aliphatic carbocycles. The summed E-state index contributed by atoms with van der Waals surface area (Å²) in [5, 5.41) is 13.9. The van der Waals surface area contributed by atoms with Crippen molar-refractivity contribution in [3.05, 3.63) is 83.3 Å². The highest BCUT2D eigenvalue weighted by molar-refractivity contribution is 5.92. The summed E-state index contributed by atoms with van der Waals surface area (Å²) in [5.74, 6) is 0.780. The van der Waals surface area contributed by atoms with Crippen LogP contribution in [0.1, 0.15) is 21.6 Å². The first kappa shape index (κ1) is 19.3. The van der Waals surface area contributed by atoms with Gasteiger partial charge < -0.3 is 15.4 Å². The van der Waals surface area contributed by atoms with Crippen LogP contribution in [0.2, 0.25) is 0 Å². The lowest BCUT2D eigenvalue weighted by molar-refractivity contribution is 0.0948. The van der Waals surface area contributed by atoms with Crippen LogP contribution in [0, 0.1) is 5.82 Å². The number of carbonyl (C=O) groups is 1. The molecule has 0 bridgehead atoms. The van der Waals surface area contributed by atoms with Crippen LogP contribution < -0.4 is 15.4 Å². The number of hydrogen-bond acceptors (Lipinski definition) is 5. The summed E-state index contributed by atoms with van der Waals surface area (Å²) in [4.78, 5) is 12.2. The number of benzene rings is 2. The average molecular weight is 380 g/mol. The normalized spacial score (nSPS) is 10.4. The molecular formula is C21H21FN4O2. The highest BCUT2D eigenvalue weighted by Gasteiger charge is 2.08. The van der Waals surface area contributed by atoms with Crippen LogP contribution in [0.3, 0.4) is 0 Å². The van der Waals surface area contributed by atoms with Gasteiger partial charge in [0.2, 0.25) is 0 Å². The number of rotatable bonds is 8. The van der Waals surface area contributed by atoms with Crippen LogP contribution >= 0.6 is 0 Å². The van der Waals surface area contributed by atoms with Gasteiger partial charge in [-0.05, 0) is 42.3 Å². The molecule has 1 heterocycles. The van der Waals surface area contributed by atoms with Gasteiger partial charge in [-0.3, -0.25) is 4.79 Å². The molecule has 0 spiro atoms. The Bertz CT molecular complexity index is 914. The smallest absolute Gasteiger partial charge is 0.271 e. The predicted octanol–water partition coefficient (Wildman–Crippen LogP) is 3.21. The van der Waals surface area contributed by atoms with E-state index in [2.05, 4.69) is 20.8 Å². The molecule has 0 saturated heterocycles. The number of anilines is 1. The zero-order valence-electron chi connectivity index (χ0n) is 15.5. The van der Waals surface area contributed by atoms with Crippen molar-refractivity contribution in [1.82, 2.24) is 15.5 Å². The second-order valence-electron chi connectivity index (χ2n) is 6.10. The summed E-state index contributed by atoms with van der Waals surface area (Å²) in [6, 6.07) is 17.2. The maximum Gasteiger partial charge on any atom is 0.271 e. The van der Waals surface area contributed by atoms with Gasteiger partial charge in [0.1, 0.15) is 17.4 Å². The number of hydrogen-bond donors (Lipinski definition) is 2. The van der Waals surface area contributed by atoms with Gasteiger partial charge in [-0.15, -0.1) is 10.2 Å². The molecule has 1 aromatic heterocycles. The maximum atomic E-state index is 12.9. The Morgan fingerprint density at radius 2 is 1.82 bits per heavy atom. The number of aromatic nitrogens is 2. The van der Waals surface area contributed by atoms with Gasteiger partial charge in [-0.25, -0.2) is 4.39 Å². The van der Waals surface area contributed by atoms with Gasteiger partial charge in [-0.2, -0.15) is 0 Å². The summed E-state index contributed by atoms with van der Waals surface area (Å²) in [6.07, 6.45) is 0.609. The van der Waals surface area contributed by atoms with E-state index < -0.39 is 0 Å². The molecular weight excluding hydrogens is 359 g/mol. The van der Waals surface area contributed by atoms with Crippen molar-refractivity contribution in [3.8, 4) is 5.75 Å². The molecule has 3 aromatic rings. The number of para-hydroxylation sites is 1. The lowest BCUT2D eigenvalue weighted by atomic mass is 10.1. The van der Waals surface area contributed by atoms with Crippen LogP contribution in [0.4, 0.5) is 10.2 Å². The fourth-order valence-corrected chi connectivity index (χ4v) is 2.64. The molecule has 2 aromatic carbocycles. The predicted molar refractivity (Wildman–Crippen MR) is 105 cm³/mol. The SMILES string of the molecule is COc1ccccc1CNc1ccc(C(=O)NCCc2ccc(F)cc2)nn1. The highest BCUT2D eigenvalue weighted by Crippen LogP contribution is 2.18. The standard InChI is InChI=1S/C21H21FN4O2/c1-28-19-5-3-2-4-16(19)14-24-20-11-10-18(25-26-20)21(27)23-13-12-15-6-8-17(22)9-7-15/h2-11H,12-14H2,1H3,(H,23,27)(H,24,26). The number of carbonyl (C=O) groups excluding carboxylic acids is 1. The van der Waals surface area contributed by atoms with Crippen molar-refractivity contribution in [2.45, 2.75) is 13.0 Å². The first-order valence-electron chi connectivity index (χ1n) is 8.88. The minimum Gasteiger partial charge on any atom is -0.496 e. The number of nitrogens with one attached hydrogen (secondary N) is 2. The molecule has 0 saturated carbocycles. The van der Waals surface area contributed by atoms with Crippen molar-refractivity contribution in [2.75, 3.05) is 19.0 Å². The van der Waals surface area contributed by atoms with Gasteiger partial charge in [0.15, 0.2) is 5.69 Å². The van der Waals surface area contributed by atoms with Crippen LogP contribution in [-0.4, -0.2) is 29.8 Å². The molecule has 0 unspecified atom stereocenters. The maximum absolute atomic E-state index is 12.9. The fourth-order valence-electron chi connectivity index (χ4n) is 2.64. The van der Waals surface area contributed by atoms with Crippen molar-refractivity contribution in [3.63, 3.8) is 0 Å². The van der Waals surface area contributed by atoms with Gasteiger partial charge in [-0.1, -0.05) is 30.3 Å². The Labute approximate surface area is 162 Å². The van der Waals surface area contributed by atoms with Crippen molar-refractivity contribution in [1.29, 1.82) is 0 Å². The van der Waals surface area contributed by atoms with E-state index in [0.717, 1.165) is 16.9 Å². The van der Waals surface area contributed by atoms with Gasteiger partial charge in [0, 0.05) is 18.7 Å². The molecule has 144 valence electrons. The summed E-state index contributed by atoms with van der Waals surface area (Å²) in [6.45, 7) is 0.960. The average Bonchev–Trinajstić information content (AvgIpc) is 2.74. The molecule has 1 amide bonds. The number of methoxy groups -OCH3 is 1. The molecule has 0 radical (unpaired) electrons. The molecule has 6 nitrogen and oxygen atoms in total. The van der Waals surface area contributed by atoms with Gasteiger partial charge in [0.25, 0.3) is 5.91 Å². The third-order valence-electron chi connectivity index (χ3n) is 4.16. The third kappa shape index (κ3) is 5.26. The summed E-state index contributed by atoms with van der Waals surface area (Å²) >= 11 is 0. The number of ether oxygens (including phenoxy) is 1.